The maximum absolute atomic E-state index is 13.0. The molecule has 1 saturated heterocycles. The zero-order chi connectivity index (χ0) is 18.3. The van der Waals surface area contributed by atoms with Crippen molar-refractivity contribution in [3.8, 4) is 0 Å². The highest BCUT2D eigenvalue weighted by atomic mass is 35.5. The summed E-state index contributed by atoms with van der Waals surface area (Å²) < 4.78 is 0. The number of amides is 2. The molecule has 1 aliphatic carbocycles. The Kier molecular flexibility index (Phi) is 4.95. The standard InChI is InChI=1S/C19H18Cl2N2O2S/c20-12-6-7-13(21)14(10-12)22-18(24)15-4-2-8-23(15)19(25)17-9-11-3-1-5-16(11)26-17/h6-7,9-10,15H,1-5,8H2,(H,22,24)/t15-/m1/s1. The first kappa shape index (κ1) is 17.8. The van der Waals surface area contributed by atoms with Gasteiger partial charge in [0.25, 0.3) is 5.91 Å². The van der Waals surface area contributed by atoms with Crippen LogP contribution < -0.4 is 5.32 Å². The van der Waals surface area contributed by atoms with Gasteiger partial charge >= 0.3 is 0 Å². The second-order valence-corrected chi connectivity index (χ2v) is 8.66. The summed E-state index contributed by atoms with van der Waals surface area (Å²) >= 11 is 13.7. The molecule has 1 atom stereocenters. The van der Waals surface area contributed by atoms with E-state index in [1.54, 1.807) is 34.4 Å². The number of carbonyl (C=O) groups excluding carboxylic acids is 2. The molecule has 1 fully saturated rings. The third kappa shape index (κ3) is 3.36. The van der Waals surface area contributed by atoms with Crippen LogP contribution in [0, 0.1) is 0 Å². The third-order valence-electron chi connectivity index (χ3n) is 4.96. The fourth-order valence-electron chi connectivity index (χ4n) is 3.67. The van der Waals surface area contributed by atoms with Gasteiger partial charge in [0, 0.05) is 16.4 Å². The largest absolute Gasteiger partial charge is 0.326 e. The van der Waals surface area contributed by atoms with Gasteiger partial charge in [-0.2, -0.15) is 0 Å². The number of hydrogen-bond donors (Lipinski definition) is 1. The molecule has 0 spiro atoms. The second kappa shape index (κ2) is 7.22. The van der Waals surface area contributed by atoms with Crippen molar-refractivity contribution in [1.82, 2.24) is 4.90 Å². The molecule has 4 rings (SSSR count). The molecule has 0 unspecified atom stereocenters. The van der Waals surface area contributed by atoms with Crippen molar-refractivity contribution < 1.29 is 9.59 Å². The van der Waals surface area contributed by atoms with Crippen molar-refractivity contribution in [3.05, 3.63) is 49.6 Å². The summed E-state index contributed by atoms with van der Waals surface area (Å²) in [5.74, 6) is -0.261. The van der Waals surface area contributed by atoms with Crippen LogP contribution in [0.1, 0.15) is 39.4 Å². The van der Waals surface area contributed by atoms with Crippen LogP contribution in [-0.2, 0) is 17.6 Å². The highest BCUT2D eigenvalue weighted by Gasteiger charge is 2.35. The van der Waals surface area contributed by atoms with Crippen LogP contribution in [0.15, 0.2) is 24.3 Å². The zero-order valence-corrected chi connectivity index (χ0v) is 16.4. The first-order chi connectivity index (χ1) is 12.5. The lowest BCUT2D eigenvalue weighted by Gasteiger charge is -2.23. The molecular weight excluding hydrogens is 391 g/mol. The molecule has 1 aromatic heterocycles. The van der Waals surface area contributed by atoms with Crippen LogP contribution >= 0.6 is 34.5 Å². The van der Waals surface area contributed by atoms with Crippen molar-refractivity contribution >= 4 is 52.0 Å². The van der Waals surface area contributed by atoms with E-state index in [2.05, 4.69) is 5.32 Å². The summed E-state index contributed by atoms with van der Waals surface area (Å²) in [4.78, 5) is 29.5. The second-order valence-electron chi connectivity index (χ2n) is 6.68. The number of benzene rings is 1. The molecule has 1 N–H and O–H groups in total. The lowest BCUT2D eigenvalue weighted by molar-refractivity contribution is -0.119. The molecule has 26 heavy (non-hydrogen) atoms. The number of carbonyl (C=O) groups is 2. The molecular formula is C19H18Cl2N2O2S. The molecule has 2 amide bonds. The molecule has 7 heteroatoms. The smallest absolute Gasteiger partial charge is 0.264 e. The Morgan fingerprint density at radius 2 is 2.00 bits per heavy atom. The van der Waals surface area contributed by atoms with Crippen molar-refractivity contribution in [1.29, 1.82) is 0 Å². The molecule has 136 valence electrons. The summed E-state index contributed by atoms with van der Waals surface area (Å²) in [6.07, 6.45) is 4.75. The summed E-state index contributed by atoms with van der Waals surface area (Å²) in [5.41, 5.74) is 1.77. The van der Waals surface area contributed by atoms with Crippen LogP contribution in [0.25, 0.3) is 0 Å². The quantitative estimate of drug-likeness (QED) is 0.793. The number of anilines is 1. The molecule has 2 aliphatic rings. The number of rotatable bonds is 3. The molecule has 4 nitrogen and oxygen atoms in total. The Morgan fingerprint density at radius 1 is 1.15 bits per heavy atom. The van der Waals surface area contributed by atoms with Crippen LogP contribution in [0.3, 0.4) is 0 Å². The van der Waals surface area contributed by atoms with E-state index in [0.717, 1.165) is 24.1 Å². The lowest BCUT2D eigenvalue weighted by atomic mass is 10.2. The van der Waals surface area contributed by atoms with E-state index in [9.17, 15) is 9.59 Å². The highest BCUT2D eigenvalue weighted by Crippen LogP contribution is 2.33. The van der Waals surface area contributed by atoms with Gasteiger partial charge < -0.3 is 10.2 Å². The Balaban J connectivity index is 1.51. The minimum Gasteiger partial charge on any atom is -0.326 e. The average Bonchev–Trinajstić information content (AvgIpc) is 3.32. The van der Waals surface area contributed by atoms with E-state index < -0.39 is 6.04 Å². The Labute approximate surface area is 166 Å². The number of fused-ring (bicyclic) bond motifs is 1. The first-order valence-electron chi connectivity index (χ1n) is 8.71. The van der Waals surface area contributed by atoms with Gasteiger partial charge in [-0.05, 0) is 61.9 Å². The normalized spacial score (nSPS) is 18.8. The highest BCUT2D eigenvalue weighted by molar-refractivity contribution is 7.14. The van der Waals surface area contributed by atoms with Crippen molar-refractivity contribution in [3.63, 3.8) is 0 Å². The maximum Gasteiger partial charge on any atom is 0.264 e. The van der Waals surface area contributed by atoms with Gasteiger partial charge in [-0.25, -0.2) is 0 Å². The van der Waals surface area contributed by atoms with E-state index in [4.69, 9.17) is 23.2 Å². The monoisotopic (exact) mass is 408 g/mol. The SMILES string of the molecule is O=C(Nc1cc(Cl)ccc1Cl)[C@H]1CCCN1C(=O)c1cc2c(s1)CCC2. The van der Waals surface area contributed by atoms with Crippen LogP contribution in [0.5, 0.6) is 0 Å². The van der Waals surface area contributed by atoms with Gasteiger partial charge in [-0.1, -0.05) is 23.2 Å². The summed E-state index contributed by atoms with van der Waals surface area (Å²) in [7, 11) is 0. The number of nitrogens with one attached hydrogen (secondary N) is 1. The summed E-state index contributed by atoms with van der Waals surface area (Å²) in [6, 6.07) is 6.46. The maximum atomic E-state index is 13.0. The van der Waals surface area contributed by atoms with Gasteiger partial charge in [-0.15, -0.1) is 11.3 Å². The van der Waals surface area contributed by atoms with Crippen molar-refractivity contribution in [2.45, 2.75) is 38.1 Å². The Hall–Kier alpha value is -1.56. The van der Waals surface area contributed by atoms with Crippen LogP contribution in [0.4, 0.5) is 5.69 Å². The Bertz CT molecular complexity index is 859. The first-order valence-corrected chi connectivity index (χ1v) is 10.3. The molecule has 2 heterocycles. The lowest BCUT2D eigenvalue weighted by Crippen LogP contribution is -2.43. The summed E-state index contributed by atoms with van der Waals surface area (Å²) in [5, 5.41) is 3.74. The molecule has 1 aromatic carbocycles. The predicted octanol–water partition coefficient (Wildman–Crippen LogP) is 4.79. The third-order valence-corrected chi connectivity index (χ3v) is 6.75. The fraction of sp³-hybridized carbons (Fsp3) is 0.368. The van der Waals surface area contributed by atoms with E-state index >= 15 is 0 Å². The van der Waals surface area contributed by atoms with Crippen molar-refractivity contribution in [2.24, 2.45) is 0 Å². The van der Waals surface area contributed by atoms with Crippen molar-refractivity contribution in [2.75, 3.05) is 11.9 Å². The van der Waals surface area contributed by atoms with E-state index in [1.807, 2.05) is 6.07 Å². The number of hydrogen-bond acceptors (Lipinski definition) is 3. The van der Waals surface area contributed by atoms with E-state index in [0.29, 0.717) is 28.7 Å². The number of likely N-dealkylation sites (tertiary alicyclic amines) is 1. The number of thiophene rings is 1. The van der Waals surface area contributed by atoms with Gasteiger partial charge in [0.2, 0.25) is 5.91 Å². The topological polar surface area (TPSA) is 49.4 Å². The zero-order valence-electron chi connectivity index (χ0n) is 14.1. The Morgan fingerprint density at radius 3 is 2.81 bits per heavy atom. The van der Waals surface area contributed by atoms with Gasteiger partial charge in [-0.3, -0.25) is 9.59 Å². The number of nitrogens with zero attached hydrogens (tertiary/aromatic N) is 1. The van der Waals surface area contributed by atoms with Crippen LogP contribution in [0.2, 0.25) is 10.0 Å². The minimum absolute atomic E-state index is 0.0424. The number of aryl methyl sites for hydroxylation is 2. The van der Waals surface area contributed by atoms with Crippen LogP contribution in [-0.4, -0.2) is 29.3 Å². The van der Waals surface area contributed by atoms with E-state index in [-0.39, 0.29) is 11.8 Å². The molecule has 0 bridgehead atoms. The molecule has 0 saturated carbocycles. The fourth-order valence-corrected chi connectivity index (χ4v) is 5.21. The predicted molar refractivity (Wildman–Crippen MR) is 105 cm³/mol. The average molecular weight is 409 g/mol. The molecule has 1 aliphatic heterocycles. The molecule has 2 aromatic rings. The van der Waals surface area contributed by atoms with Gasteiger partial charge in [0.1, 0.15) is 6.04 Å². The summed E-state index contributed by atoms with van der Waals surface area (Å²) in [6.45, 7) is 0.600. The number of halogens is 2. The minimum atomic E-state index is -0.477. The molecule has 0 radical (unpaired) electrons. The van der Waals surface area contributed by atoms with Gasteiger partial charge in [0.15, 0.2) is 0 Å². The van der Waals surface area contributed by atoms with E-state index in [1.165, 1.54) is 16.9 Å². The van der Waals surface area contributed by atoms with Gasteiger partial charge in [0.05, 0.1) is 15.6 Å².